The lowest BCUT2D eigenvalue weighted by Gasteiger charge is -2.14. The lowest BCUT2D eigenvalue weighted by Crippen LogP contribution is -2.36. The summed E-state index contributed by atoms with van der Waals surface area (Å²) in [7, 11) is 1.96. The summed E-state index contributed by atoms with van der Waals surface area (Å²) < 4.78 is 18.5. The van der Waals surface area contributed by atoms with Gasteiger partial charge in [-0.05, 0) is 49.2 Å². The van der Waals surface area contributed by atoms with E-state index in [0.29, 0.717) is 35.1 Å². The molecule has 1 aromatic carbocycles. The molecular weight excluding hydrogens is 355 g/mol. The number of halogens is 1. The van der Waals surface area contributed by atoms with Gasteiger partial charge in [-0.2, -0.15) is 4.98 Å². The van der Waals surface area contributed by atoms with Crippen molar-refractivity contribution in [2.75, 3.05) is 13.6 Å². The van der Waals surface area contributed by atoms with Crippen molar-refractivity contribution in [3.8, 4) is 11.4 Å². The maximum atomic E-state index is 13.0. The van der Waals surface area contributed by atoms with E-state index < -0.39 is 0 Å². The molecule has 3 aromatic rings. The monoisotopic (exact) mass is 372 g/mol. The average molecular weight is 372 g/mol. The summed E-state index contributed by atoms with van der Waals surface area (Å²) in [5.74, 6) is 0.563. The van der Waals surface area contributed by atoms with Gasteiger partial charge in [-0.3, -0.25) is 9.69 Å². The van der Waals surface area contributed by atoms with Crippen LogP contribution in [0.25, 0.3) is 11.4 Å². The third kappa shape index (κ3) is 3.38. The summed E-state index contributed by atoms with van der Waals surface area (Å²) in [6.07, 6.45) is 0.693. The number of rotatable bonds is 4. The van der Waals surface area contributed by atoms with E-state index in [4.69, 9.17) is 4.52 Å². The van der Waals surface area contributed by atoms with Gasteiger partial charge in [0.25, 0.3) is 5.91 Å². The second kappa shape index (κ2) is 6.97. The highest BCUT2D eigenvalue weighted by atomic mass is 32.1. The highest BCUT2D eigenvalue weighted by Crippen LogP contribution is 2.31. The van der Waals surface area contributed by atoms with Crippen molar-refractivity contribution in [2.45, 2.75) is 18.5 Å². The Morgan fingerprint density at radius 1 is 1.35 bits per heavy atom. The summed E-state index contributed by atoms with van der Waals surface area (Å²) in [4.78, 5) is 19.5. The van der Waals surface area contributed by atoms with Crippen LogP contribution in [0.2, 0.25) is 0 Å². The summed E-state index contributed by atoms with van der Waals surface area (Å²) in [6.45, 7) is 0.704. The molecule has 1 fully saturated rings. The molecule has 8 heteroatoms. The van der Waals surface area contributed by atoms with E-state index in [0.717, 1.165) is 0 Å². The molecule has 6 nitrogen and oxygen atoms in total. The van der Waals surface area contributed by atoms with Crippen LogP contribution in [0.15, 0.2) is 46.3 Å². The highest BCUT2D eigenvalue weighted by Gasteiger charge is 2.35. The van der Waals surface area contributed by atoms with Crippen LogP contribution in [0.4, 0.5) is 4.39 Å². The second-order valence-corrected chi connectivity index (χ2v) is 7.25. The first-order valence-electron chi connectivity index (χ1n) is 8.24. The zero-order valence-electron chi connectivity index (χ0n) is 14.1. The molecule has 3 heterocycles. The fourth-order valence-corrected chi connectivity index (χ4v) is 3.77. The standard InChI is InChI=1S/C18H17FN4O2S/c1-23-10-13(20-17(24)15-3-2-8-26-15)9-14(23)18-21-16(22-25-18)11-4-6-12(19)7-5-11/h2-8,13-14H,9-10H2,1H3,(H,20,24)/t13-,14-/m0/s1. The zero-order valence-corrected chi connectivity index (χ0v) is 14.9. The van der Waals surface area contributed by atoms with Crippen LogP contribution in [0.1, 0.15) is 28.0 Å². The topological polar surface area (TPSA) is 71.3 Å². The van der Waals surface area contributed by atoms with Gasteiger partial charge in [0.05, 0.1) is 10.9 Å². The SMILES string of the molecule is CN1C[C@@H](NC(=O)c2cccs2)C[C@H]1c1nc(-c2ccc(F)cc2)no1. The predicted octanol–water partition coefficient (Wildman–Crippen LogP) is 3.11. The van der Waals surface area contributed by atoms with Crippen molar-refractivity contribution < 1.29 is 13.7 Å². The van der Waals surface area contributed by atoms with Crippen LogP contribution in [0.3, 0.4) is 0 Å². The number of thiophene rings is 1. The van der Waals surface area contributed by atoms with Crippen LogP contribution in [0.5, 0.6) is 0 Å². The number of carbonyl (C=O) groups is 1. The van der Waals surface area contributed by atoms with Crippen molar-refractivity contribution in [2.24, 2.45) is 0 Å². The first kappa shape index (κ1) is 16.9. The summed E-state index contributed by atoms with van der Waals surface area (Å²) in [5, 5.41) is 8.94. The number of hydrogen-bond donors (Lipinski definition) is 1. The Labute approximate surface area is 153 Å². The Kier molecular flexibility index (Phi) is 4.52. The Hall–Kier alpha value is -2.58. The highest BCUT2D eigenvalue weighted by molar-refractivity contribution is 7.12. The Morgan fingerprint density at radius 2 is 2.15 bits per heavy atom. The van der Waals surface area contributed by atoms with Gasteiger partial charge < -0.3 is 9.84 Å². The van der Waals surface area contributed by atoms with Gasteiger partial charge in [-0.15, -0.1) is 11.3 Å². The number of likely N-dealkylation sites (N-methyl/N-ethyl adjacent to an activating group) is 1. The van der Waals surface area contributed by atoms with Crippen molar-refractivity contribution in [1.82, 2.24) is 20.4 Å². The molecule has 0 aliphatic carbocycles. The Morgan fingerprint density at radius 3 is 2.88 bits per heavy atom. The minimum Gasteiger partial charge on any atom is -0.347 e. The molecule has 0 unspecified atom stereocenters. The summed E-state index contributed by atoms with van der Waals surface area (Å²) in [6, 6.07) is 9.58. The first-order chi connectivity index (χ1) is 12.6. The minimum absolute atomic E-state index is 0.0146. The molecule has 134 valence electrons. The van der Waals surface area contributed by atoms with E-state index in [1.54, 1.807) is 12.1 Å². The first-order valence-corrected chi connectivity index (χ1v) is 9.12. The molecule has 1 aliphatic heterocycles. The van der Waals surface area contributed by atoms with Crippen LogP contribution in [-0.4, -0.2) is 40.6 Å². The zero-order chi connectivity index (χ0) is 18.1. The largest absolute Gasteiger partial charge is 0.347 e. The number of amides is 1. The number of nitrogens with zero attached hydrogens (tertiary/aromatic N) is 3. The van der Waals surface area contributed by atoms with Gasteiger partial charge in [0, 0.05) is 18.2 Å². The number of nitrogens with one attached hydrogen (secondary N) is 1. The van der Waals surface area contributed by atoms with Gasteiger partial charge in [0.1, 0.15) is 5.82 Å². The van der Waals surface area contributed by atoms with Crippen molar-refractivity contribution in [1.29, 1.82) is 0 Å². The van der Waals surface area contributed by atoms with Gasteiger partial charge in [0.2, 0.25) is 11.7 Å². The molecule has 1 N–H and O–H groups in total. The third-order valence-electron chi connectivity index (χ3n) is 4.46. The third-order valence-corrected chi connectivity index (χ3v) is 5.33. The van der Waals surface area contributed by atoms with Gasteiger partial charge in [0.15, 0.2) is 0 Å². The Balaban J connectivity index is 1.45. The quantitative estimate of drug-likeness (QED) is 0.762. The Bertz CT molecular complexity index is 894. The van der Waals surface area contributed by atoms with Crippen LogP contribution in [-0.2, 0) is 0 Å². The maximum absolute atomic E-state index is 13.0. The lowest BCUT2D eigenvalue weighted by atomic mass is 10.1. The van der Waals surface area contributed by atoms with E-state index in [9.17, 15) is 9.18 Å². The fraction of sp³-hybridized carbons (Fsp3) is 0.278. The molecule has 0 radical (unpaired) electrons. The number of likely N-dealkylation sites (tertiary alicyclic amines) is 1. The van der Waals surface area contributed by atoms with E-state index in [1.807, 2.05) is 24.6 Å². The fourth-order valence-electron chi connectivity index (χ4n) is 3.14. The number of hydrogen-bond acceptors (Lipinski definition) is 6. The smallest absolute Gasteiger partial charge is 0.261 e. The van der Waals surface area contributed by atoms with E-state index >= 15 is 0 Å². The number of aromatic nitrogens is 2. The predicted molar refractivity (Wildman–Crippen MR) is 95.3 cm³/mol. The molecule has 0 bridgehead atoms. The molecule has 4 rings (SSSR count). The van der Waals surface area contributed by atoms with Crippen molar-refractivity contribution in [3.63, 3.8) is 0 Å². The van der Waals surface area contributed by atoms with Crippen LogP contribution >= 0.6 is 11.3 Å². The molecule has 26 heavy (non-hydrogen) atoms. The molecule has 1 aliphatic rings. The average Bonchev–Trinajstić information content (AvgIpc) is 3.35. The maximum Gasteiger partial charge on any atom is 0.261 e. The van der Waals surface area contributed by atoms with Crippen molar-refractivity contribution >= 4 is 17.2 Å². The van der Waals surface area contributed by atoms with Gasteiger partial charge in [-0.1, -0.05) is 11.2 Å². The van der Waals surface area contributed by atoms with Gasteiger partial charge >= 0.3 is 0 Å². The summed E-state index contributed by atoms with van der Waals surface area (Å²) in [5.41, 5.74) is 0.699. The molecule has 1 amide bonds. The molecule has 2 atom stereocenters. The molecular formula is C18H17FN4O2S. The molecule has 2 aromatic heterocycles. The van der Waals surface area contributed by atoms with Gasteiger partial charge in [-0.25, -0.2) is 4.39 Å². The lowest BCUT2D eigenvalue weighted by molar-refractivity contribution is 0.0942. The van der Waals surface area contributed by atoms with E-state index in [-0.39, 0.29) is 23.8 Å². The molecule has 0 spiro atoms. The minimum atomic E-state index is -0.308. The van der Waals surface area contributed by atoms with Crippen molar-refractivity contribution in [3.05, 3.63) is 58.4 Å². The molecule has 0 saturated carbocycles. The van der Waals surface area contributed by atoms with Crippen LogP contribution in [0, 0.1) is 5.82 Å². The molecule has 1 saturated heterocycles. The normalized spacial score (nSPS) is 20.4. The number of carbonyl (C=O) groups excluding carboxylic acids is 1. The number of benzene rings is 1. The van der Waals surface area contributed by atoms with Crippen LogP contribution < -0.4 is 5.32 Å². The van der Waals surface area contributed by atoms with E-state index in [1.165, 1.54) is 23.5 Å². The van der Waals surface area contributed by atoms with E-state index in [2.05, 4.69) is 20.4 Å². The summed E-state index contributed by atoms with van der Waals surface area (Å²) >= 11 is 1.42. The second-order valence-electron chi connectivity index (χ2n) is 6.30.